The molecule has 1 aromatic rings. The topological polar surface area (TPSA) is 40.5 Å². The zero-order chi connectivity index (χ0) is 11.0. The van der Waals surface area contributed by atoms with Gasteiger partial charge in [0.15, 0.2) is 0 Å². The number of likely N-dealkylation sites (tertiary alicyclic amines) is 1. The van der Waals surface area contributed by atoms with Crippen molar-refractivity contribution >= 4 is 17.2 Å². The number of aliphatic hydroxyl groups is 1. The Morgan fingerprint density at radius 3 is 2.80 bits per heavy atom. The minimum atomic E-state index is -0.337. The van der Waals surface area contributed by atoms with Gasteiger partial charge in [0.1, 0.15) is 0 Å². The summed E-state index contributed by atoms with van der Waals surface area (Å²) >= 11 is 1.54. The number of aryl methyl sites for hydroxylation is 2. The van der Waals surface area contributed by atoms with Gasteiger partial charge in [-0.15, -0.1) is 11.3 Å². The van der Waals surface area contributed by atoms with Gasteiger partial charge in [-0.2, -0.15) is 0 Å². The van der Waals surface area contributed by atoms with E-state index in [1.165, 1.54) is 21.8 Å². The van der Waals surface area contributed by atoms with E-state index in [1.807, 2.05) is 19.9 Å². The van der Waals surface area contributed by atoms with E-state index in [0.29, 0.717) is 19.5 Å². The number of β-amino-alcohol motifs (C(OH)–C–C–N with tert-alkyl or cyclic N) is 1. The minimum absolute atomic E-state index is 0.0627. The lowest BCUT2D eigenvalue weighted by atomic mass is 10.3. The highest BCUT2D eigenvalue weighted by Crippen LogP contribution is 2.23. The fraction of sp³-hybridized carbons (Fsp3) is 0.545. The number of carbonyl (C=O) groups excluding carboxylic acids is 1. The molecule has 0 bridgehead atoms. The zero-order valence-corrected chi connectivity index (χ0v) is 9.80. The summed E-state index contributed by atoms with van der Waals surface area (Å²) < 4.78 is 0. The third-order valence-corrected chi connectivity index (χ3v) is 3.97. The summed E-state index contributed by atoms with van der Waals surface area (Å²) in [4.78, 5) is 15.7. The quantitative estimate of drug-likeness (QED) is 0.788. The molecule has 0 spiro atoms. The van der Waals surface area contributed by atoms with Crippen LogP contribution in [0.25, 0.3) is 0 Å². The molecule has 2 rings (SSSR count). The third-order valence-electron chi connectivity index (χ3n) is 2.83. The fourth-order valence-electron chi connectivity index (χ4n) is 1.76. The molecule has 3 nitrogen and oxygen atoms in total. The molecule has 1 atom stereocenters. The van der Waals surface area contributed by atoms with Crippen LogP contribution in [-0.4, -0.2) is 35.1 Å². The molecule has 0 saturated carbocycles. The van der Waals surface area contributed by atoms with Gasteiger partial charge in [0.05, 0.1) is 11.0 Å². The molecule has 0 aliphatic carbocycles. The predicted molar refractivity (Wildman–Crippen MR) is 60.3 cm³/mol. The smallest absolute Gasteiger partial charge is 0.264 e. The number of hydrogen-bond donors (Lipinski definition) is 1. The Balaban J connectivity index is 2.14. The van der Waals surface area contributed by atoms with Crippen LogP contribution < -0.4 is 0 Å². The SMILES string of the molecule is Cc1cc(C(=O)N2CC[C@@H](O)C2)sc1C. The molecule has 0 unspecified atom stereocenters. The van der Waals surface area contributed by atoms with Crippen molar-refractivity contribution in [3.8, 4) is 0 Å². The predicted octanol–water partition coefficient (Wildman–Crippen LogP) is 1.57. The van der Waals surface area contributed by atoms with Gasteiger partial charge in [-0.25, -0.2) is 0 Å². The first kappa shape index (κ1) is 10.6. The molecule has 1 amide bonds. The molecule has 1 fully saturated rings. The third kappa shape index (κ3) is 2.06. The van der Waals surface area contributed by atoms with Gasteiger partial charge in [-0.3, -0.25) is 4.79 Å². The van der Waals surface area contributed by atoms with E-state index < -0.39 is 0 Å². The minimum Gasteiger partial charge on any atom is -0.391 e. The lowest BCUT2D eigenvalue weighted by molar-refractivity contribution is 0.0769. The summed E-state index contributed by atoms with van der Waals surface area (Å²) in [5.74, 6) is 0.0627. The van der Waals surface area contributed by atoms with E-state index in [0.717, 1.165) is 4.88 Å². The van der Waals surface area contributed by atoms with Crippen molar-refractivity contribution in [3.63, 3.8) is 0 Å². The van der Waals surface area contributed by atoms with Crippen molar-refractivity contribution in [2.75, 3.05) is 13.1 Å². The first-order chi connectivity index (χ1) is 7.08. The van der Waals surface area contributed by atoms with Crippen molar-refractivity contribution in [3.05, 3.63) is 21.4 Å². The molecule has 1 saturated heterocycles. The Hall–Kier alpha value is -0.870. The highest BCUT2D eigenvalue weighted by molar-refractivity contribution is 7.14. The van der Waals surface area contributed by atoms with E-state index in [9.17, 15) is 9.90 Å². The lowest BCUT2D eigenvalue weighted by Crippen LogP contribution is -2.28. The number of aliphatic hydroxyl groups excluding tert-OH is 1. The molecule has 4 heteroatoms. The van der Waals surface area contributed by atoms with Crippen LogP contribution in [0.5, 0.6) is 0 Å². The van der Waals surface area contributed by atoms with Gasteiger partial charge in [0.2, 0.25) is 0 Å². The maximum atomic E-state index is 12.0. The number of carbonyl (C=O) groups is 1. The first-order valence-electron chi connectivity index (χ1n) is 5.12. The number of hydrogen-bond acceptors (Lipinski definition) is 3. The molecule has 2 heterocycles. The average Bonchev–Trinajstić information content (AvgIpc) is 2.74. The molecule has 1 aliphatic rings. The maximum Gasteiger partial charge on any atom is 0.264 e. The highest BCUT2D eigenvalue weighted by Gasteiger charge is 2.26. The molecule has 15 heavy (non-hydrogen) atoms. The van der Waals surface area contributed by atoms with Crippen molar-refractivity contribution in [1.29, 1.82) is 0 Å². The van der Waals surface area contributed by atoms with E-state index in [4.69, 9.17) is 0 Å². The summed E-state index contributed by atoms with van der Waals surface area (Å²) in [5.41, 5.74) is 1.17. The van der Waals surface area contributed by atoms with Crippen LogP contribution in [0.15, 0.2) is 6.07 Å². The first-order valence-corrected chi connectivity index (χ1v) is 5.94. The van der Waals surface area contributed by atoms with Gasteiger partial charge in [0, 0.05) is 18.0 Å². The van der Waals surface area contributed by atoms with Gasteiger partial charge in [-0.1, -0.05) is 0 Å². The summed E-state index contributed by atoms with van der Waals surface area (Å²) in [7, 11) is 0. The highest BCUT2D eigenvalue weighted by atomic mass is 32.1. The zero-order valence-electron chi connectivity index (χ0n) is 8.99. The normalized spacial score (nSPS) is 21.0. The van der Waals surface area contributed by atoms with Crippen LogP contribution in [0, 0.1) is 13.8 Å². The van der Waals surface area contributed by atoms with Crippen LogP contribution in [-0.2, 0) is 0 Å². The van der Waals surface area contributed by atoms with Crippen molar-refractivity contribution in [2.45, 2.75) is 26.4 Å². The lowest BCUT2D eigenvalue weighted by Gasteiger charge is -2.13. The monoisotopic (exact) mass is 225 g/mol. The van der Waals surface area contributed by atoms with E-state index in [-0.39, 0.29) is 12.0 Å². The Morgan fingerprint density at radius 2 is 2.33 bits per heavy atom. The standard InChI is InChI=1S/C11H15NO2S/c1-7-5-10(15-8(7)2)11(14)12-4-3-9(13)6-12/h5,9,13H,3-4,6H2,1-2H3/t9-/m1/s1. The van der Waals surface area contributed by atoms with Gasteiger partial charge in [0.25, 0.3) is 5.91 Å². The Labute approximate surface area is 93.3 Å². The second kappa shape index (κ2) is 3.94. The maximum absolute atomic E-state index is 12.0. The molecule has 1 aromatic heterocycles. The van der Waals surface area contributed by atoms with E-state index in [1.54, 1.807) is 4.90 Å². The Bertz CT molecular complexity index is 366. The van der Waals surface area contributed by atoms with Crippen molar-refractivity contribution in [1.82, 2.24) is 4.90 Å². The second-order valence-corrected chi connectivity index (χ2v) is 5.30. The second-order valence-electron chi connectivity index (χ2n) is 4.04. The largest absolute Gasteiger partial charge is 0.391 e. The summed E-state index contributed by atoms with van der Waals surface area (Å²) in [6.07, 6.45) is 0.367. The van der Waals surface area contributed by atoms with Gasteiger partial charge < -0.3 is 10.0 Å². The molecule has 1 aliphatic heterocycles. The summed E-state index contributed by atoms with van der Waals surface area (Å²) in [5, 5.41) is 9.36. The molecule has 1 N–H and O–H groups in total. The van der Waals surface area contributed by atoms with Crippen LogP contribution in [0.3, 0.4) is 0 Å². The van der Waals surface area contributed by atoms with E-state index >= 15 is 0 Å². The Kier molecular flexibility index (Phi) is 2.80. The molecular formula is C11H15NO2S. The summed E-state index contributed by atoms with van der Waals surface area (Å²) in [6, 6.07) is 1.94. The van der Waals surface area contributed by atoms with Crippen molar-refractivity contribution < 1.29 is 9.90 Å². The van der Waals surface area contributed by atoms with Gasteiger partial charge in [-0.05, 0) is 31.9 Å². The number of rotatable bonds is 1. The van der Waals surface area contributed by atoms with Crippen LogP contribution >= 0.6 is 11.3 Å². The number of amides is 1. The molecule has 0 radical (unpaired) electrons. The number of nitrogens with zero attached hydrogens (tertiary/aromatic N) is 1. The van der Waals surface area contributed by atoms with E-state index in [2.05, 4.69) is 0 Å². The molecule has 82 valence electrons. The van der Waals surface area contributed by atoms with Crippen LogP contribution in [0.2, 0.25) is 0 Å². The molecule has 0 aromatic carbocycles. The fourth-order valence-corrected chi connectivity index (χ4v) is 2.76. The Morgan fingerprint density at radius 1 is 1.60 bits per heavy atom. The average molecular weight is 225 g/mol. The number of thiophene rings is 1. The molecular weight excluding hydrogens is 210 g/mol. The summed E-state index contributed by atoms with van der Waals surface area (Å²) in [6.45, 7) is 5.20. The van der Waals surface area contributed by atoms with Crippen LogP contribution in [0.1, 0.15) is 26.5 Å². The van der Waals surface area contributed by atoms with Crippen molar-refractivity contribution in [2.24, 2.45) is 0 Å². The van der Waals surface area contributed by atoms with Crippen LogP contribution in [0.4, 0.5) is 0 Å². The van der Waals surface area contributed by atoms with Gasteiger partial charge >= 0.3 is 0 Å².